The van der Waals surface area contributed by atoms with Crippen molar-refractivity contribution in [3.8, 4) is 0 Å². The van der Waals surface area contributed by atoms with Crippen LogP contribution in [0.2, 0.25) is 0 Å². The highest BCUT2D eigenvalue weighted by Crippen LogP contribution is 2.15. The first kappa shape index (κ1) is 22.2. The van der Waals surface area contributed by atoms with Gasteiger partial charge in [0.05, 0.1) is 6.04 Å². The van der Waals surface area contributed by atoms with Crippen LogP contribution in [0.5, 0.6) is 0 Å². The van der Waals surface area contributed by atoms with Crippen LogP contribution in [0.3, 0.4) is 0 Å². The molecule has 1 saturated heterocycles. The maximum absolute atomic E-state index is 11.4. The molecule has 1 aromatic carbocycles. The van der Waals surface area contributed by atoms with Crippen LogP contribution in [0, 0.1) is 5.92 Å². The highest BCUT2D eigenvalue weighted by molar-refractivity contribution is 5.80. The standard InChI is InChI=1S/C22H37N5O/c1-17(2)16-20-6-8-21(9-7-20)18(3)25-22(23-5)24-10-11-26-12-14-27(15-13-26)19(4)28/h6-9,17-18H,10-16H2,1-5H3,(H2,23,24,25). The monoisotopic (exact) mass is 387 g/mol. The van der Waals surface area contributed by atoms with E-state index in [0.29, 0.717) is 5.92 Å². The van der Waals surface area contributed by atoms with Crippen molar-refractivity contribution in [1.82, 2.24) is 20.4 Å². The average Bonchev–Trinajstić information content (AvgIpc) is 2.67. The van der Waals surface area contributed by atoms with Gasteiger partial charge >= 0.3 is 0 Å². The van der Waals surface area contributed by atoms with Crippen molar-refractivity contribution in [2.75, 3.05) is 46.3 Å². The van der Waals surface area contributed by atoms with Crippen LogP contribution < -0.4 is 10.6 Å². The van der Waals surface area contributed by atoms with Gasteiger partial charge in [-0.3, -0.25) is 14.7 Å². The zero-order valence-electron chi connectivity index (χ0n) is 18.2. The number of carbonyl (C=O) groups is 1. The number of nitrogens with one attached hydrogen (secondary N) is 2. The van der Waals surface area contributed by atoms with E-state index in [1.54, 1.807) is 14.0 Å². The maximum Gasteiger partial charge on any atom is 0.219 e. The highest BCUT2D eigenvalue weighted by Gasteiger charge is 2.18. The number of aliphatic imine (C=N–C) groups is 1. The molecule has 1 aliphatic rings. The van der Waals surface area contributed by atoms with Gasteiger partial charge in [0.2, 0.25) is 5.91 Å². The lowest BCUT2D eigenvalue weighted by Crippen LogP contribution is -2.50. The van der Waals surface area contributed by atoms with Crippen LogP contribution >= 0.6 is 0 Å². The van der Waals surface area contributed by atoms with E-state index in [4.69, 9.17) is 0 Å². The molecule has 28 heavy (non-hydrogen) atoms. The minimum Gasteiger partial charge on any atom is -0.355 e. The molecule has 1 unspecified atom stereocenters. The minimum absolute atomic E-state index is 0.175. The fourth-order valence-electron chi connectivity index (χ4n) is 3.52. The van der Waals surface area contributed by atoms with Gasteiger partial charge in [-0.15, -0.1) is 0 Å². The zero-order valence-corrected chi connectivity index (χ0v) is 18.2. The maximum atomic E-state index is 11.4. The molecular formula is C22H37N5O. The number of rotatable bonds is 7. The van der Waals surface area contributed by atoms with Gasteiger partial charge in [0.25, 0.3) is 0 Å². The lowest BCUT2D eigenvalue weighted by atomic mass is 10.00. The molecule has 6 heteroatoms. The topological polar surface area (TPSA) is 60.0 Å². The third kappa shape index (κ3) is 7.15. The van der Waals surface area contributed by atoms with E-state index < -0.39 is 0 Å². The number of carbonyl (C=O) groups excluding carboxylic acids is 1. The van der Waals surface area contributed by atoms with E-state index in [0.717, 1.165) is 51.6 Å². The van der Waals surface area contributed by atoms with Gasteiger partial charge in [0.15, 0.2) is 5.96 Å². The Hall–Kier alpha value is -2.08. The van der Waals surface area contributed by atoms with Gasteiger partial charge in [-0.25, -0.2) is 0 Å². The summed E-state index contributed by atoms with van der Waals surface area (Å²) in [6, 6.07) is 9.06. The van der Waals surface area contributed by atoms with E-state index in [-0.39, 0.29) is 11.9 Å². The summed E-state index contributed by atoms with van der Waals surface area (Å²) in [5.74, 6) is 1.67. The Labute approximate surface area is 170 Å². The molecule has 6 nitrogen and oxygen atoms in total. The molecule has 0 saturated carbocycles. The van der Waals surface area contributed by atoms with E-state index in [1.165, 1.54) is 11.1 Å². The number of hydrogen-bond donors (Lipinski definition) is 2. The van der Waals surface area contributed by atoms with Gasteiger partial charge in [0, 0.05) is 53.2 Å². The molecule has 0 aromatic heterocycles. The summed E-state index contributed by atoms with van der Waals surface area (Å²) in [5, 5.41) is 6.88. The van der Waals surface area contributed by atoms with E-state index in [2.05, 4.69) is 65.6 Å². The summed E-state index contributed by atoms with van der Waals surface area (Å²) >= 11 is 0. The highest BCUT2D eigenvalue weighted by atomic mass is 16.2. The Kier molecular flexibility index (Phi) is 8.77. The first-order chi connectivity index (χ1) is 13.4. The van der Waals surface area contributed by atoms with Gasteiger partial charge < -0.3 is 15.5 Å². The minimum atomic E-state index is 0.175. The van der Waals surface area contributed by atoms with Crippen molar-refractivity contribution in [2.24, 2.45) is 10.9 Å². The van der Waals surface area contributed by atoms with Crippen molar-refractivity contribution in [1.29, 1.82) is 0 Å². The normalized spacial score (nSPS) is 16.9. The molecular weight excluding hydrogens is 350 g/mol. The van der Waals surface area contributed by atoms with Gasteiger partial charge in [-0.1, -0.05) is 38.1 Å². The Morgan fingerprint density at radius 3 is 2.29 bits per heavy atom. The molecule has 0 bridgehead atoms. The average molecular weight is 388 g/mol. The third-order valence-electron chi connectivity index (χ3n) is 5.24. The Morgan fingerprint density at radius 1 is 1.11 bits per heavy atom. The summed E-state index contributed by atoms with van der Waals surface area (Å²) in [6.07, 6.45) is 1.12. The molecule has 156 valence electrons. The Balaban J connectivity index is 1.74. The summed E-state index contributed by atoms with van der Waals surface area (Å²) in [5.41, 5.74) is 2.65. The predicted octanol–water partition coefficient (Wildman–Crippen LogP) is 2.28. The zero-order chi connectivity index (χ0) is 20.5. The van der Waals surface area contributed by atoms with Crippen LogP contribution in [0.15, 0.2) is 29.3 Å². The number of amides is 1. The van der Waals surface area contributed by atoms with Crippen molar-refractivity contribution in [3.63, 3.8) is 0 Å². The van der Waals surface area contributed by atoms with Crippen LogP contribution in [-0.4, -0.2) is 68.0 Å². The lowest BCUT2D eigenvalue weighted by molar-refractivity contribution is -0.130. The van der Waals surface area contributed by atoms with E-state index in [9.17, 15) is 4.79 Å². The third-order valence-corrected chi connectivity index (χ3v) is 5.24. The van der Waals surface area contributed by atoms with Crippen LogP contribution in [0.4, 0.5) is 0 Å². The van der Waals surface area contributed by atoms with E-state index >= 15 is 0 Å². The number of piperazine rings is 1. The summed E-state index contributed by atoms with van der Waals surface area (Å²) in [4.78, 5) is 20.1. The molecule has 2 rings (SSSR count). The summed E-state index contributed by atoms with van der Waals surface area (Å²) in [6.45, 7) is 13.6. The molecule has 2 N–H and O–H groups in total. The number of guanidine groups is 1. The van der Waals surface area contributed by atoms with Crippen molar-refractivity contribution >= 4 is 11.9 Å². The second-order valence-electron chi connectivity index (χ2n) is 8.05. The fourth-order valence-corrected chi connectivity index (χ4v) is 3.52. The molecule has 1 aromatic rings. The van der Waals surface area contributed by atoms with Gasteiger partial charge in [0.1, 0.15) is 0 Å². The van der Waals surface area contributed by atoms with Crippen LogP contribution in [-0.2, 0) is 11.2 Å². The molecule has 1 amide bonds. The van der Waals surface area contributed by atoms with Crippen molar-refractivity contribution in [2.45, 2.75) is 40.2 Å². The fraction of sp³-hybridized carbons (Fsp3) is 0.636. The molecule has 1 heterocycles. The molecule has 1 atom stereocenters. The number of benzene rings is 1. The quantitative estimate of drug-likeness (QED) is 0.557. The van der Waals surface area contributed by atoms with Crippen LogP contribution in [0.1, 0.15) is 44.9 Å². The number of hydrogen-bond acceptors (Lipinski definition) is 3. The second-order valence-corrected chi connectivity index (χ2v) is 8.05. The molecule has 0 spiro atoms. The van der Waals surface area contributed by atoms with E-state index in [1.807, 2.05) is 4.90 Å². The predicted molar refractivity (Wildman–Crippen MR) is 117 cm³/mol. The molecule has 1 aliphatic heterocycles. The molecule has 0 radical (unpaired) electrons. The van der Waals surface area contributed by atoms with Crippen LogP contribution in [0.25, 0.3) is 0 Å². The van der Waals surface area contributed by atoms with Gasteiger partial charge in [-0.05, 0) is 30.4 Å². The molecule has 1 fully saturated rings. The first-order valence-electron chi connectivity index (χ1n) is 10.4. The lowest BCUT2D eigenvalue weighted by Gasteiger charge is -2.34. The smallest absolute Gasteiger partial charge is 0.219 e. The Bertz CT molecular complexity index is 633. The second kappa shape index (κ2) is 11.1. The van der Waals surface area contributed by atoms with Crippen molar-refractivity contribution in [3.05, 3.63) is 35.4 Å². The SMILES string of the molecule is CN=C(NCCN1CCN(C(C)=O)CC1)NC(C)c1ccc(CC(C)C)cc1. The summed E-state index contributed by atoms with van der Waals surface area (Å²) < 4.78 is 0. The first-order valence-corrected chi connectivity index (χ1v) is 10.4. The van der Waals surface area contributed by atoms with Gasteiger partial charge in [-0.2, -0.15) is 0 Å². The largest absolute Gasteiger partial charge is 0.355 e. The Morgan fingerprint density at radius 2 is 1.75 bits per heavy atom. The van der Waals surface area contributed by atoms with Crippen molar-refractivity contribution < 1.29 is 4.79 Å². The number of nitrogens with zero attached hydrogens (tertiary/aromatic N) is 3. The summed E-state index contributed by atoms with van der Waals surface area (Å²) in [7, 11) is 1.80. The molecule has 0 aliphatic carbocycles.